The van der Waals surface area contributed by atoms with Crippen LogP contribution in [0.4, 0.5) is 0 Å². The van der Waals surface area contributed by atoms with Crippen molar-refractivity contribution < 1.29 is 9.84 Å². The molecule has 1 aromatic carbocycles. The topological polar surface area (TPSA) is 41.5 Å². The summed E-state index contributed by atoms with van der Waals surface area (Å²) in [6.07, 6.45) is 6.55. The van der Waals surface area contributed by atoms with Crippen molar-refractivity contribution in [1.29, 1.82) is 0 Å². The maximum atomic E-state index is 10.1. The number of aliphatic hydroxyl groups excluding tert-OH is 1. The number of hydrogen-bond acceptors (Lipinski definition) is 3. The number of nitrogens with one attached hydrogen (secondary N) is 1. The molecule has 23 heavy (non-hydrogen) atoms. The van der Waals surface area contributed by atoms with E-state index in [0.29, 0.717) is 13.2 Å². The van der Waals surface area contributed by atoms with E-state index in [-0.39, 0.29) is 6.04 Å². The van der Waals surface area contributed by atoms with Gasteiger partial charge < -0.3 is 15.2 Å². The second-order valence-electron chi connectivity index (χ2n) is 7.49. The van der Waals surface area contributed by atoms with Crippen LogP contribution in [0.2, 0.25) is 0 Å². The predicted octanol–water partition coefficient (Wildman–Crippen LogP) is 3.54. The van der Waals surface area contributed by atoms with Crippen LogP contribution in [0.25, 0.3) is 0 Å². The van der Waals surface area contributed by atoms with Crippen LogP contribution in [-0.2, 0) is 4.74 Å². The number of rotatable bonds is 9. The molecule has 2 bridgehead atoms. The van der Waals surface area contributed by atoms with Crippen molar-refractivity contribution in [2.45, 2.75) is 51.2 Å². The Bertz CT molecular complexity index is 464. The number of fused-ring (bicyclic) bond motifs is 2. The zero-order chi connectivity index (χ0) is 16.1. The molecule has 1 aromatic rings. The maximum Gasteiger partial charge on any atom is 0.0897 e. The first-order valence-electron chi connectivity index (χ1n) is 9.26. The van der Waals surface area contributed by atoms with Gasteiger partial charge in [-0.2, -0.15) is 0 Å². The van der Waals surface area contributed by atoms with Crippen molar-refractivity contribution in [3.8, 4) is 0 Å². The Morgan fingerprint density at radius 3 is 2.74 bits per heavy atom. The minimum Gasteiger partial charge on any atom is -0.389 e. The molecule has 2 saturated carbocycles. The minimum absolute atomic E-state index is 0.250. The molecule has 3 heteroatoms. The molecule has 2 N–H and O–H groups in total. The molecule has 2 aliphatic rings. The fraction of sp³-hybridized carbons (Fsp3) is 0.700. The van der Waals surface area contributed by atoms with Crippen LogP contribution in [0.3, 0.4) is 0 Å². The maximum absolute atomic E-state index is 10.1. The standard InChI is InChI=1S/C20H31NO2/c1-15(17-5-3-2-4-6-17)21-13-20(22)14-23-10-9-19-12-16-7-8-18(19)11-16/h2-6,15-16,18-22H,7-14H2,1H3/t15-,16-,18-,19+,20+/m0/s1. The Balaban J connectivity index is 1.26. The lowest BCUT2D eigenvalue weighted by molar-refractivity contribution is 0.0280. The molecule has 0 unspecified atom stereocenters. The van der Waals surface area contributed by atoms with Gasteiger partial charge in [0.15, 0.2) is 0 Å². The summed E-state index contributed by atoms with van der Waals surface area (Å²) < 4.78 is 5.71. The van der Waals surface area contributed by atoms with E-state index in [4.69, 9.17) is 4.74 Å². The van der Waals surface area contributed by atoms with Crippen LogP contribution in [0.15, 0.2) is 30.3 Å². The summed E-state index contributed by atoms with van der Waals surface area (Å²) in [5, 5.41) is 13.4. The summed E-state index contributed by atoms with van der Waals surface area (Å²) >= 11 is 0. The highest BCUT2D eigenvalue weighted by atomic mass is 16.5. The van der Waals surface area contributed by atoms with Crippen LogP contribution in [0.1, 0.15) is 50.6 Å². The lowest BCUT2D eigenvalue weighted by Gasteiger charge is -2.22. The highest BCUT2D eigenvalue weighted by Crippen LogP contribution is 2.49. The summed E-state index contributed by atoms with van der Waals surface area (Å²) in [7, 11) is 0. The fourth-order valence-corrected chi connectivity index (χ4v) is 4.42. The minimum atomic E-state index is -0.429. The zero-order valence-corrected chi connectivity index (χ0v) is 14.3. The molecule has 0 aromatic heterocycles. The van der Waals surface area contributed by atoms with E-state index in [1.807, 2.05) is 18.2 Å². The second-order valence-corrected chi connectivity index (χ2v) is 7.49. The van der Waals surface area contributed by atoms with Crippen molar-refractivity contribution in [3.05, 3.63) is 35.9 Å². The van der Waals surface area contributed by atoms with Gasteiger partial charge in [-0.3, -0.25) is 0 Å². The van der Waals surface area contributed by atoms with Crippen molar-refractivity contribution >= 4 is 0 Å². The van der Waals surface area contributed by atoms with Crippen molar-refractivity contribution in [2.24, 2.45) is 17.8 Å². The van der Waals surface area contributed by atoms with Crippen LogP contribution < -0.4 is 5.32 Å². The van der Waals surface area contributed by atoms with Crippen LogP contribution in [-0.4, -0.2) is 31.0 Å². The Morgan fingerprint density at radius 1 is 1.22 bits per heavy atom. The molecular weight excluding hydrogens is 286 g/mol. The number of ether oxygens (including phenoxy) is 1. The van der Waals surface area contributed by atoms with E-state index in [0.717, 1.165) is 24.4 Å². The monoisotopic (exact) mass is 317 g/mol. The SMILES string of the molecule is C[C@H](NC[C@@H](O)COCC[C@@H]1C[C@H]2CC[C@H]1C2)c1ccccc1. The molecule has 3 rings (SSSR count). The van der Waals surface area contributed by atoms with E-state index in [1.54, 1.807) is 0 Å². The molecule has 5 atom stereocenters. The number of hydrogen-bond donors (Lipinski definition) is 2. The number of benzene rings is 1. The van der Waals surface area contributed by atoms with Gasteiger partial charge in [0.2, 0.25) is 0 Å². The third-order valence-electron chi connectivity index (χ3n) is 5.79. The average Bonchev–Trinajstić information content (AvgIpc) is 3.20. The van der Waals surface area contributed by atoms with E-state index in [2.05, 4.69) is 24.4 Å². The molecule has 128 valence electrons. The first-order valence-corrected chi connectivity index (χ1v) is 9.26. The lowest BCUT2D eigenvalue weighted by Crippen LogP contribution is -2.32. The number of aliphatic hydroxyl groups is 1. The molecule has 0 amide bonds. The van der Waals surface area contributed by atoms with Gasteiger partial charge in [-0.15, -0.1) is 0 Å². The van der Waals surface area contributed by atoms with E-state index in [9.17, 15) is 5.11 Å². The summed E-state index contributed by atoms with van der Waals surface area (Å²) in [4.78, 5) is 0. The van der Waals surface area contributed by atoms with Crippen molar-refractivity contribution in [3.63, 3.8) is 0 Å². The molecule has 3 nitrogen and oxygen atoms in total. The Labute approximate surface area is 140 Å². The van der Waals surface area contributed by atoms with Gasteiger partial charge in [-0.1, -0.05) is 36.8 Å². The molecule has 2 aliphatic carbocycles. The Kier molecular flexibility index (Phi) is 6.09. The van der Waals surface area contributed by atoms with Gasteiger partial charge in [0.25, 0.3) is 0 Å². The second kappa shape index (κ2) is 8.27. The molecule has 0 heterocycles. The Hall–Kier alpha value is -0.900. The van der Waals surface area contributed by atoms with Gasteiger partial charge >= 0.3 is 0 Å². The smallest absolute Gasteiger partial charge is 0.0897 e. The lowest BCUT2D eigenvalue weighted by atomic mass is 9.87. The van der Waals surface area contributed by atoms with Gasteiger partial charge in [0, 0.05) is 19.2 Å². The third kappa shape index (κ3) is 4.79. The fourth-order valence-electron chi connectivity index (χ4n) is 4.42. The summed E-state index contributed by atoms with van der Waals surface area (Å²) in [6.45, 7) is 3.94. The molecule has 0 spiro atoms. The van der Waals surface area contributed by atoms with Gasteiger partial charge in [0.05, 0.1) is 12.7 Å². The Morgan fingerprint density at radius 2 is 2.04 bits per heavy atom. The third-order valence-corrected chi connectivity index (χ3v) is 5.79. The highest BCUT2D eigenvalue weighted by Gasteiger charge is 2.38. The largest absolute Gasteiger partial charge is 0.389 e. The summed E-state index contributed by atoms with van der Waals surface area (Å²) in [5.74, 6) is 2.88. The molecule has 0 aliphatic heterocycles. The van der Waals surface area contributed by atoms with Crippen LogP contribution in [0.5, 0.6) is 0 Å². The normalized spacial score (nSPS) is 28.9. The van der Waals surface area contributed by atoms with Crippen LogP contribution >= 0.6 is 0 Å². The molecule has 2 fully saturated rings. The predicted molar refractivity (Wildman–Crippen MR) is 93.2 cm³/mol. The van der Waals surface area contributed by atoms with Crippen LogP contribution in [0, 0.1) is 17.8 Å². The molecule has 0 radical (unpaired) electrons. The van der Waals surface area contributed by atoms with Gasteiger partial charge in [-0.05, 0) is 55.9 Å². The summed E-state index contributed by atoms with van der Waals surface area (Å²) in [5.41, 5.74) is 1.25. The van der Waals surface area contributed by atoms with Gasteiger partial charge in [-0.25, -0.2) is 0 Å². The average molecular weight is 317 g/mol. The van der Waals surface area contributed by atoms with E-state index < -0.39 is 6.10 Å². The van der Waals surface area contributed by atoms with E-state index in [1.165, 1.54) is 37.7 Å². The van der Waals surface area contributed by atoms with Crippen molar-refractivity contribution in [1.82, 2.24) is 5.32 Å². The quantitative estimate of drug-likeness (QED) is 0.685. The van der Waals surface area contributed by atoms with Crippen molar-refractivity contribution in [2.75, 3.05) is 19.8 Å². The molecule has 0 saturated heterocycles. The first-order chi connectivity index (χ1) is 11.2. The highest BCUT2D eigenvalue weighted by molar-refractivity contribution is 5.17. The van der Waals surface area contributed by atoms with E-state index >= 15 is 0 Å². The molecular formula is C20H31NO2. The summed E-state index contributed by atoms with van der Waals surface area (Å²) in [6, 6.07) is 10.6. The van der Waals surface area contributed by atoms with Gasteiger partial charge in [0.1, 0.15) is 0 Å². The zero-order valence-electron chi connectivity index (χ0n) is 14.3. The first kappa shape index (κ1) is 16.9.